The van der Waals surface area contributed by atoms with Gasteiger partial charge in [0.1, 0.15) is 19.8 Å². The van der Waals surface area contributed by atoms with Crippen molar-refractivity contribution in [2.45, 2.75) is 20.8 Å². The standard InChI is InChI=1S/C10H16O6/c1-7(11)14-4-10(5-15-8(2)12)6-16-9(3)13/h10H,4-6H2,1-3H3. The Hall–Kier alpha value is -1.59. The summed E-state index contributed by atoms with van der Waals surface area (Å²) in [6.45, 7) is 3.97. The molecule has 0 heterocycles. The van der Waals surface area contributed by atoms with E-state index >= 15 is 0 Å². The van der Waals surface area contributed by atoms with Crippen LogP contribution >= 0.6 is 0 Å². The largest absolute Gasteiger partial charge is 0.465 e. The SMILES string of the molecule is CC(=O)OCC(COC(C)=O)COC(C)=O. The van der Waals surface area contributed by atoms with Gasteiger partial charge in [-0.2, -0.15) is 0 Å². The van der Waals surface area contributed by atoms with Crippen LogP contribution in [0.5, 0.6) is 0 Å². The van der Waals surface area contributed by atoms with Crippen LogP contribution in [-0.2, 0) is 28.6 Å². The Bertz CT molecular complexity index is 217. The maximum absolute atomic E-state index is 10.6. The van der Waals surface area contributed by atoms with Gasteiger partial charge in [-0.15, -0.1) is 0 Å². The molecule has 0 saturated carbocycles. The van der Waals surface area contributed by atoms with E-state index in [0.717, 1.165) is 0 Å². The molecule has 0 amide bonds. The zero-order valence-electron chi connectivity index (χ0n) is 9.65. The highest BCUT2D eigenvalue weighted by Crippen LogP contribution is 2.01. The number of carbonyl (C=O) groups is 3. The van der Waals surface area contributed by atoms with Gasteiger partial charge in [-0.25, -0.2) is 0 Å². The molecular weight excluding hydrogens is 216 g/mol. The maximum Gasteiger partial charge on any atom is 0.302 e. The third kappa shape index (κ3) is 8.98. The van der Waals surface area contributed by atoms with Gasteiger partial charge >= 0.3 is 17.9 Å². The van der Waals surface area contributed by atoms with E-state index in [4.69, 9.17) is 14.2 Å². The van der Waals surface area contributed by atoms with Crippen LogP contribution in [0.3, 0.4) is 0 Å². The van der Waals surface area contributed by atoms with Gasteiger partial charge in [-0.1, -0.05) is 0 Å². The normalized spacial score (nSPS) is 9.75. The Kier molecular flexibility index (Phi) is 6.91. The molecule has 0 aliphatic carbocycles. The summed E-state index contributed by atoms with van der Waals surface area (Å²) in [5.74, 6) is -1.64. The van der Waals surface area contributed by atoms with E-state index in [1.54, 1.807) is 0 Å². The molecule has 16 heavy (non-hydrogen) atoms. The topological polar surface area (TPSA) is 78.9 Å². The first-order valence-corrected chi connectivity index (χ1v) is 4.82. The molecule has 0 spiro atoms. The highest BCUT2D eigenvalue weighted by Gasteiger charge is 2.14. The van der Waals surface area contributed by atoms with Crippen LogP contribution in [0.15, 0.2) is 0 Å². The molecule has 0 aliphatic heterocycles. The van der Waals surface area contributed by atoms with Crippen molar-refractivity contribution in [3.05, 3.63) is 0 Å². The van der Waals surface area contributed by atoms with Gasteiger partial charge in [-0.05, 0) is 0 Å². The Balaban J connectivity index is 3.98. The fourth-order valence-corrected chi connectivity index (χ4v) is 0.850. The van der Waals surface area contributed by atoms with Crippen molar-refractivity contribution in [2.75, 3.05) is 19.8 Å². The third-order valence-corrected chi connectivity index (χ3v) is 1.57. The average molecular weight is 232 g/mol. The number of rotatable bonds is 6. The van der Waals surface area contributed by atoms with Crippen LogP contribution in [0.4, 0.5) is 0 Å². The maximum atomic E-state index is 10.6. The van der Waals surface area contributed by atoms with E-state index in [-0.39, 0.29) is 25.7 Å². The van der Waals surface area contributed by atoms with Crippen molar-refractivity contribution in [1.82, 2.24) is 0 Å². The molecule has 0 aromatic carbocycles. The van der Waals surface area contributed by atoms with Crippen molar-refractivity contribution < 1.29 is 28.6 Å². The molecule has 0 radical (unpaired) electrons. The number of ether oxygens (including phenoxy) is 3. The third-order valence-electron chi connectivity index (χ3n) is 1.57. The fourth-order valence-electron chi connectivity index (χ4n) is 0.850. The molecule has 0 aromatic heterocycles. The first-order chi connectivity index (χ1) is 7.41. The molecule has 0 fully saturated rings. The molecule has 6 nitrogen and oxygen atoms in total. The lowest BCUT2D eigenvalue weighted by Gasteiger charge is -2.15. The first-order valence-electron chi connectivity index (χ1n) is 4.82. The molecule has 6 heteroatoms. The number of hydrogen-bond acceptors (Lipinski definition) is 6. The summed E-state index contributed by atoms with van der Waals surface area (Å²) < 4.78 is 14.2. The van der Waals surface area contributed by atoms with Gasteiger partial charge < -0.3 is 14.2 Å². The summed E-state index contributed by atoms with van der Waals surface area (Å²) in [4.78, 5) is 31.8. The Morgan fingerprint density at radius 1 is 0.750 bits per heavy atom. The molecule has 92 valence electrons. The van der Waals surface area contributed by atoms with Crippen LogP contribution in [0, 0.1) is 5.92 Å². The highest BCUT2D eigenvalue weighted by molar-refractivity contribution is 5.66. The van der Waals surface area contributed by atoms with Gasteiger partial charge in [-0.3, -0.25) is 14.4 Å². The summed E-state index contributed by atoms with van der Waals surface area (Å²) in [7, 11) is 0. The van der Waals surface area contributed by atoms with Crippen molar-refractivity contribution in [3.63, 3.8) is 0 Å². The molecule has 0 atom stereocenters. The number of esters is 3. The van der Waals surface area contributed by atoms with Gasteiger partial charge in [0.2, 0.25) is 0 Å². The number of hydrogen-bond donors (Lipinski definition) is 0. The highest BCUT2D eigenvalue weighted by atomic mass is 16.6. The zero-order chi connectivity index (χ0) is 12.6. The van der Waals surface area contributed by atoms with Crippen molar-refractivity contribution in [2.24, 2.45) is 5.92 Å². The van der Waals surface area contributed by atoms with Gasteiger partial charge in [0.05, 0.1) is 5.92 Å². The van der Waals surface area contributed by atoms with E-state index in [0.29, 0.717) is 0 Å². The molecule has 0 rings (SSSR count). The fraction of sp³-hybridized carbons (Fsp3) is 0.700. The first kappa shape index (κ1) is 14.4. The summed E-state index contributed by atoms with van der Waals surface area (Å²) in [5, 5.41) is 0. The van der Waals surface area contributed by atoms with E-state index < -0.39 is 17.9 Å². The average Bonchev–Trinajstić information content (AvgIpc) is 2.15. The predicted octanol–water partition coefficient (Wildman–Crippen LogP) is 0.292. The minimum Gasteiger partial charge on any atom is -0.465 e. The van der Waals surface area contributed by atoms with Crippen molar-refractivity contribution >= 4 is 17.9 Å². The monoisotopic (exact) mass is 232 g/mol. The lowest BCUT2D eigenvalue weighted by molar-refractivity contribution is -0.150. The van der Waals surface area contributed by atoms with Gasteiger partial charge in [0.15, 0.2) is 0 Å². The quantitative estimate of drug-likeness (QED) is 0.484. The molecule has 0 saturated heterocycles. The Labute approximate surface area is 93.8 Å². The van der Waals surface area contributed by atoms with E-state index in [1.165, 1.54) is 20.8 Å². The predicted molar refractivity (Wildman–Crippen MR) is 53.4 cm³/mol. The zero-order valence-corrected chi connectivity index (χ0v) is 9.65. The van der Waals surface area contributed by atoms with Crippen molar-refractivity contribution in [3.8, 4) is 0 Å². The summed E-state index contributed by atoms with van der Waals surface area (Å²) in [6.07, 6.45) is 0. The van der Waals surface area contributed by atoms with E-state index in [9.17, 15) is 14.4 Å². The minimum atomic E-state index is -0.435. The second-order valence-corrected chi connectivity index (χ2v) is 3.27. The molecule has 0 bridgehead atoms. The minimum absolute atomic E-state index is 0.0515. The summed E-state index contributed by atoms with van der Waals surface area (Å²) in [6, 6.07) is 0. The molecule has 0 aromatic rings. The van der Waals surface area contributed by atoms with Gasteiger partial charge in [0, 0.05) is 20.8 Å². The molecule has 0 unspecified atom stereocenters. The lowest BCUT2D eigenvalue weighted by atomic mass is 10.2. The smallest absolute Gasteiger partial charge is 0.302 e. The van der Waals surface area contributed by atoms with Crippen LogP contribution in [0.1, 0.15) is 20.8 Å². The molecular formula is C10H16O6. The second-order valence-electron chi connectivity index (χ2n) is 3.27. The van der Waals surface area contributed by atoms with Crippen LogP contribution < -0.4 is 0 Å². The summed E-state index contributed by atoms with van der Waals surface area (Å²) in [5.41, 5.74) is 0. The van der Waals surface area contributed by atoms with Crippen LogP contribution in [-0.4, -0.2) is 37.7 Å². The summed E-state index contributed by atoms with van der Waals surface area (Å²) >= 11 is 0. The van der Waals surface area contributed by atoms with Crippen LogP contribution in [0.2, 0.25) is 0 Å². The Morgan fingerprint density at radius 2 is 1.00 bits per heavy atom. The second kappa shape index (κ2) is 7.67. The molecule has 0 N–H and O–H groups in total. The number of carbonyl (C=O) groups excluding carboxylic acids is 3. The van der Waals surface area contributed by atoms with E-state index in [2.05, 4.69) is 0 Å². The van der Waals surface area contributed by atoms with Crippen LogP contribution in [0.25, 0.3) is 0 Å². The van der Waals surface area contributed by atoms with Crippen molar-refractivity contribution in [1.29, 1.82) is 0 Å². The van der Waals surface area contributed by atoms with E-state index in [1.807, 2.05) is 0 Å². The lowest BCUT2D eigenvalue weighted by Crippen LogP contribution is -2.24. The Morgan fingerprint density at radius 3 is 1.19 bits per heavy atom. The van der Waals surface area contributed by atoms with Gasteiger partial charge in [0.25, 0.3) is 0 Å². The molecule has 0 aliphatic rings.